The third-order valence-electron chi connectivity index (χ3n) is 8.29. The standard InChI is InChI=1S/C32H45F6N7O7/c1-29(2,31(33,34)35)23(42-27(49)51-5)25(47)41-15-21(46)17-45(44-26(48)24(43-28(50)52-6)30(3,4)32(36,37)38)16-18-7-9-19(10-8-18)22(39)13-14-40-20-11-12-20/h7-10,13-14,20-21,23-24,46H,11-12,15-17,39H2,1-6H3,(H,41,47)(H,42,49)(H,43,50)(H,44,48)/t21-,23?,24-/m1/s1. The molecule has 1 unspecified atom stereocenters. The van der Waals surface area contributed by atoms with E-state index < -0.39 is 78.5 Å². The van der Waals surface area contributed by atoms with Crippen LogP contribution in [0, 0.1) is 10.8 Å². The van der Waals surface area contributed by atoms with Gasteiger partial charge in [0.05, 0.1) is 37.2 Å². The van der Waals surface area contributed by atoms with Crippen molar-refractivity contribution in [2.24, 2.45) is 21.6 Å². The quantitative estimate of drug-likeness (QED) is 0.0835. The van der Waals surface area contributed by atoms with Crippen molar-refractivity contribution < 1.29 is 60.1 Å². The molecule has 1 aromatic carbocycles. The maximum absolute atomic E-state index is 14.0. The molecule has 1 aliphatic carbocycles. The number of halogens is 6. The maximum atomic E-state index is 14.0. The first-order valence-corrected chi connectivity index (χ1v) is 15.9. The van der Waals surface area contributed by atoms with Gasteiger partial charge in [-0.25, -0.2) is 14.6 Å². The minimum atomic E-state index is -5.00. The van der Waals surface area contributed by atoms with Crippen LogP contribution in [0.25, 0.3) is 5.70 Å². The van der Waals surface area contributed by atoms with Crippen molar-refractivity contribution in [1.29, 1.82) is 0 Å². The number of aliphatic hydroxyl groups is 1. The van der Waals surface area contributed by atoms with Crippen molar-refractivity contribution in [3.63, 3.8) is 0 Å². The van der Waals surface area contributed by atoms with Gasteiger partial charge in [0.1, 0.15) is 12.1 Å². The van der Waals surface area contributed by atoms with Gasteiger partial charge in [0.2, 0.25) is 5.91 Å². The van der Waals surface area contributed by atoms with E-state index in [1.54, 1.807) is 36.6 Å². The maximum Gasteiger partial charge on any atom is 0.407 e. The van der Waals surface area contributed by atoms with E-state index in [1.807, 2.05) is 10.6 Å². The number of ether oxygens (including phenoxy) is 2. The number of alkyl carbamates (subject to hydrolysis) is 2. The second-order valence-electron chi connectivity index (χ2n) is 13.2. The summed E-state index contributed by atoms with van der Waals surface area (Å²) >= 11 is 0. The molecule has 0 heterocycles. The van der Waals surface area contributed by atoms with E-state index in [-0.39, 0.29) is 12.6 Å². The van der Waals surface area contributed by atoms with E-state index in [0.717, 1.165) is 32.1 Å². The van der Waals surface area contributed by atoms with Crippen LogP contribution in [-0.4, -0.2) is 104 Å². The van der Waals surface area contributed by atoms with Crippen LogP contribution in [0.1, 0.15) is 51.7 Å². The van der Waals surface area contributed by atoms with Crippen molar-refractivity contribution in [2.45, 2.75) is 83.7 Å². The fraction of sp³-hybridized carbons (Fsp3) is 0.594. The highest BCUT2D eigenvalue weighted by molar-refractivity contribution is 5.87. The van der Waals surface area contributed by atoms with Crippen molar-refractivity contribution in [3.05, 3.63) is 41.5 Å². The van der Waals surface area contributed by atoms with Gasteiger partial charge in [0, 0.05) is 31.5 Å². The number of nitrogens with one attached hydrogen (secondary N) is 4. The van der Waals surface area contributed by atoms with Crippen molar-refractivity contribution in [3.8, 4) is 0 Å². The van der Waals surface area contributed by atoms with Crippen LogP contribution < -0.4 is 27.1 Å². The number of benzene rings is 1. The fourth-order valence-electron chi connectivity index (χ4n) is 4.43. The zero-order chi connectivity index (χ0) is 39.7. The molecule has 4 amide bonds. The normalized spacial score (nSPS) is 16.2. The highest BCUT2D eigenvalue weighted by atomic mass is 19.4. The van der Waals surface area contributed by atoms with Crippen LogP contribution in [0.5, 0.6) is 0 Å². The number of nitrogens with zero attached hydrogens (tertiary/aromatic N) is 2. The lowest BCUT2D eigenvalue weighted by molar-refractivity contribution is -0.221. The molecule has 14 nitrogen and oxygen atoms in total. The van der Waals surface area contributed by atoms with Crippen LogP contribution in [0.2, 0.25) is 0 Å². The van der Waals surface area contributed by atoms with Crippen LogP contribution in [0.4, 0.5) is 35.9 Å². The summed E-state index contributed by atoms with van der Waals surface area (Å²) in [4.78, 5) is 54.3. The summed E-state index contributed by atoms with van der Waals surface area (Å²) in [7, 11) is 1.76. The first-order chi connectivity index (χ1) is 23.9. The lowest BCUT2D eigenvalue weighted by Crippen LogP contribution is -2.62. The summed E-state index contributed by atoms with van der Waals surface area (Å²) < 4.78 is 92.2. The van der Waals surface area contributed by atoms with E-state index in [9.17, 15) is 50.6 Å². The minimum absolute atomic E-state index is 0.269. The smallest absolute Gasteiger partial charge is 0.407 e. The Kier molecular flexibility index (Phi) is 14.9. The zero-order valence-corrected chi connectivity index (χ0v) is 29.4. The van der Waals surface area contributed by atoms with Gasteiger partial charge in [-0.2, -0.15) is 26.3 Å². The van der Waals surface area contributed by atoms with E-state index >= 15 is 0 Å². The molecule has 7 N–H and O–H groups in total. The molecular weight excluding hydrogens is 708 g/mol. The van der Waals surface area contributed by atoms with Gasteiger partial charge in [0.25, 0.3) is 5.91 Å². The Bertz CT molecular complexity index is 1460. The predicted octanol–water partition coefficient (Wildman–Crippen LogP) is 3.16. The Labute approximate surface area is 296 Å². The number of allylic oxidation sites excluding steroid dienone is 1. The topological polar surface area (TPSA) is 197 Å². The molecule has 0 aromatic heterocycles. The second kappa shape index (κ2) is 17.8. The van der Waals surface area contributed by atoms with Crippen LogP contribution in [0.15, 0.2) is 35.3 Å². The molecule has 0 bridgehead atoms. The summed E-state index contributed by atoms with van der Waals surface area (Å²) in [5.74, 6) is -2.71. The van der Waals surface area contributed by atoms with Gasteiger partial charge in [0.15, 0.2) is 0 Å². The van der Waals surface area contributed by atoms with Crippen LogP contribution in [0.3, 0.4) is 0 Å². The molecule has 2 rings (SSSR count). The number of carbonyl (C=O) groups excluding carboxylic acids is 4. The van der Waals surface area contributed by atoms with Crippen molar-refractivity contribution in [1.82, 2.24) is 26.4 Å². The number of aliphatic hydroxyl groups excluding tert-OH is 1. The number of amides is 4. The molecule has 1 aliphatic rings. The lowest BCUT2D eigenvalue weighted by atomic mass is 9.83. The molecule has 0 radical (unpaired) electrons. The Morgan fingerprint density at radius 2 is 1.38 bits per heavy atom. The van der Waals surface area contributed by atoms with Crippen LogP contribution >= 0.6 is 0 Å². The van der Waals surface area contributed by atoms with E-state index in [4.69, 9.17) is 5.73 Å². The molecule has 1 fully saturated rings. The molecule has 3 atom stereocenters. The van der Waals surface area contributed by atoms with Gasteiger partial charge in [-0.3, -0.25) is 20.0 Å². The second-order valence-corrected chi connectivity index (χ2v) is 13.2. The minimum Gasteiger partial charge on any atom is -0.453 e. The fourth-order valence-corrected chi connectivity index (χ4v) is 4.43. The molecule has 52 heavy (non-hydrogen) atoms. The average molecular weight is 754 g/mol. The van der Waals surface area contributed by atoms with Crippen LogP contribution in [-0.2, 0) is 25.6 Å². The third kappa shape index (κ3) is 12.3. The van der Waals surface area contributed by atoms with Gasteiger partial charge >= 0.3 is 24.5 Å². The molecule has 0 saturated heterocycles. The number of carbonyl (C=O) groups is 4. The number of aliphatic imine (C=N–C) groups is 1. The largest absolute Gasteiger partial charge is 0.453 e. The summed E-state index contributed by atoms with van der Waals surface area (Å²) in [6, 6.07) is 2.21. The van der Waals surface area contributed by atoms with Gasteiger partial charge in [-0.15, -0.1) is 0 Å². The summed E-state index contributed by atoms with van der Waals surface area (Å²) in [5.41, 5.74) is 4.14. The molecule has 20 heteroatoms. The summed E-state index contributed by atoms with van der Waals surface area (Å²) in [5, 5.41) is 17.6. The molecule has 1 aromatic rings. The Morgan fingerprint density at radius 3 is 1.83 bits per heavy atom. The lowest BCUT2D eigenvalue weighted by Gasteiger charge is -2.37. The predicted molar refractivity (Wildman–Crippen MR) is 176 cm³/mol. The highest BCUT2D eigenvalue weighted by Gasteiger charge is 2.57. The first kappa shape index (κ1) is 43.6. The summed E-state index contributed by atoms with van der Waals surface area (Å²) in [6.45, 7) is 1.07. The van der Waals surface area contributed by atoms with Crippen molar-refractivity contribution >= 4 is 35.9 Å². The molecule has 0 spiro atoms. The average Bonchev–Trinajstić information content (AvgIpc) is 3.88. The molecule has 0 aliphatic heterocycles. The van der Waals surface area contributed by atoms with E-state index in [0.29, 0.717) is 44.5 Å². The number of nitrogens with two attached hydrogens (primary N) is 1. The number of hydrogen-bond donors (Lipinski definition) is 6. The third-order valence-corrected chi connectivity index (χ3v) is 8.29. The summed E-state index contributed by atoms with van der Waals surface area (Å²) in [6.07, 6.45) is -9.10. The van der Waals surface area contributed by atoms with E-state index in [2.05, 4.69) is 25.2 Å². The van der Waals surface area contributed by atoms with Gasteiger partial charge in [-0.05, 0) is 57.7 Å². The number of hydrogen-bond acceptors (Lipinski definition) is 10. The van der Waals surface area contributed by atoms with Crippen molar-refractivity contribution in [2.75, 3.05) is 27.3 Å². The molecule has 1 saturated carbocycles. The Balaban J connectivity index is 2.35. The molecular formula is C32H45F6N7O7. The van der Waals surface area contributed by atoms with Gasteiger partial charge in [-0.1, -0.05) is 24.3 Å². The number of hydrazine groups is 1. The monoisotopic (exact) mass is 753 g/mol. The highest BCUT2D eigenvalue weighted by Crippen LogP contribution is 2.41. The number of alkyl halides is 6. The zero-order valence-electron chi connectivity index (χ0n) is 29.4. The Morgan fingerprint density at radius 1 is 0.904 bits per heavy atom. The number of rotatable bonds is 16. The Hall–Kier alpha value is -4.59. The van der Waals surface area contributed by atoms with Gasteiger partial charge < -0.3 is 36.3 Å². The first-order valence-electron chi connectivity index (χ1n) is 15.9. The number of methoxy groups -OCH3 is 2. The molecule has 292 valence electrons. The van der Waals surface area contributed by atoms with E-state index in [1.165, 1.54) is 0 Å². The SMILES string of the molecule is COC(=O)NC(C(=O)NC[C@@H](O)CN(Cc1ccc(C(N)=CC=NC2CC2)cc1)NC(=O)[C@@H](NC(=O)OC)C(C)(C)C(F)(F)F)C(C)(C)C(F)(F)F.